The minimum absolute atomic E-state index is 0.109. The van der Waals surface area contributed by atoms with E-state index in [2.05, 4.69) is 31.4 Å². The first-order valence-corrected chi connectivity index (χ1v) is 18.1. The van der Waals surface area contributed by atoms with Gasteiger partial charge in [-0.15, -0.1) is 6.58 Å². The lowest BCUT2D eigenvalue weighted by Gasteiger charge is -2.59. The average molecular weight is 698 g/mol. The fraction of sp³-hybridized carbons (Fsp3) is 0.488. The number of amides is 1. The van der Waals surface area contributed by atoms with Crippen molar-refractivity contribution in [3.05, 3.63) is 96.1 Å². The lowest BCUT2D eigenvalue weighted by Crippen LogP contribution is -2.69. The molecular formula is C41H51N3O7. The van der Waals surface area contributed by atoms with Crippen LogP contribution in [-0.4, -0.2) is 78.6 Å². The molecule has 3 aliphatic rings. The van der Waals surface area contributed by atoms with Gasteiger partial charge in [0.25, 0.3) is 5.91 Å². The molecule has 1 heterocycles. The number of benzene rings is 2. The van der Waals surface area contributed by atoms with Gasteiger partial charge in [0.15, 0.2) is 0 Å². The van der Waals surface area contributed by atoms with Gasteiger partial charge in [-0.1, -0.05) is 42.8 Å². The van der Waals surface area contributed by atoms with Gasteiger partial charge >= 0.3 is 0 Å². The number of nitriles is 1. The highest BCUT2D eigenvalue weighted by molar-refractivity contribution is 6.03. The van der Waals surface area contributed by atoms with Crippen LogP contribution >= 0.6 is 0 Å². The van der Waals surface area contributed by atoms with E-state index >= 15 is 0 Å². The molecule has 0 aromatic heterocycles. The van der Waals surface area contributed by atoms with Gasteiger partial charge in [-0.05, 0) is 92.5 Å². The van der Waals surface area contributed by atoms with Gasteiger partial charge < -0.3 is 34.2 Å². The Morgan fingerprint density at radius 3 is 2.47 bits per heavy atom. The van der Waals surface area contributed by atoms with Gasteiger partial charge in [0, 0.05) is 43.7 Å². The van der Waals surface area contributed by atoms with E-state index in [0.29, 0.717) is 55.1 Å². The number of hydrogen-bond donors (Lipinski definition) is 2. The zero-order valence-electron chi connectivity index (χ0n) is 29.8. The van der Waals surface area contributed by atoms with E-state index in [4.69, 9.17) is 24.2 Å². The summed E-state index contributed by atoms with van der Waals surface area (Å²) in [6.07, 6.45) is 10.8. The van der Waals surface area contributed by atoms with Crippen LogP contribution in [0.25, 0.3) is 0 Å². The van der Waals surface area contributed by atoms with Gasteiger partial charge in [0.2, 0.25) is 5.79 Å². The average Bonchev–Trinajstić information content (AvgIpc) is 3.16. The molecule has 0 saturated heterocycles. The van der Waals surface area contributed by atoms with Crippen molar-refractivity contribution in [1.29, 1.82) is 5.26 Å². The predicted octanol–water partition coefficient (Wildman–Crippen LogP) is 6.55. The number of aliphatic hydroxyl groups excluding tert-OH is 2. The number of allylic oxidation sites excluding steroid dienone is 1. The van der Waals surface area contributed by atoms with Gasteiger partial charge in [0.05, 0.1) is 29.9 Å². The summed E-state index contributed by atoms with van der Waals surface area (Å²) in [5.74, 6) is -0.530. The Hall–Kier alpha value is -4.43. The Morgan fingerprint density at radius 1 is 1.08 bits per heavy atom. The lowest BCUT2D eigenvalue weighted by atomic mass is 9.55. The van der Waals surface area contributed by atoms with E-state index in [1.807, 2.05) is 19.1 Å². The third-order valence-electron chi connectivity index (χ3n) is 10.4. The van der Waals surface area contributed by atoms with Crippen molar-refractivity contribution in [1.82, 2.24) is 4.90 Å². The Balaban J connectivity index is 1.75. The molecule has 6 atom stereocenters. The summed E-state index contributed by atoms with van der Waals surface area (Å²) in [6.45, 7) is 10.8. The first-order valence-electron chi connectivity index (χ1n) is 18.1. The molecule has 2 aliphatic carbocycles. The minimum atomic E-state index is -1.34. The third kappa shape index (κ3) is 7.91. The molecule has 1 aliphatic heterocycles. The summed E-state index contributed by atoms with van der Waals surface area (Å²) in [4.78, 5) is 21.7. The number of oxime groups is 1. The molecule has 51 heavy (non-hydrogen) atoms. The van der Waals surface area contributed by atoms with Gasteiger partial charge in [-0.2, -0.15) is 5.26 Å². The molecule has 1 saturated carbocycles. The van der Waals surface area contributed by atoms with E-state index in [1.54, 1.807) is 48.4 Å². The smallest absolute Gasteiger partial charge is 0.254 e. The second kappa shape index (κ2) is 17.7. The van der Waals surface area contributed by atoms with E-state index in [1.165, 1.54) is 0 Å². The van der Waals surface area contributed by atoms with Crippen LogP contribution in [0.15, 0.2) is 84.6 Å². The fourth-order valence-corrected chi connectivity index (χ4v) is 8.15. The topological polar surface area (TPSA) is 134 Å². The van der Waals surface area contributed by atoms with Crippen LogP contribution in [0.2, 0.25) is 0 Å². The zero-order valence-corrected chi connectivity index (χ0v) is 29.8. The standard InChI is InChI=1S/C41H51N3O7/c1-5-22-48-31-18-19-36-34(25-31)38-32(13-9-11-21-46)30(12-8-10-20-45)24-33-35(43-50-7-3)26-37(41(51-36,39(33)38)49-23-6-2)44(4)40(47)29-16-14-28(27-42)15-17-29/h5-6,14-19,24-25,30,32,37-39,45-46H,1-2,7-13,20-23,26H2,3-4H3. The van der Waals surface area contributed by atoms with E-state index in [0.717, 1.165) is 42.5 Å². The molecule has 1 fully saturated rings. The number of aliphatic hydroxyl groups is 2. The maximum atomic E-state index is 14.3. The minimum Gasteiger partial charge on any atom is -0.490 e. The monoisotopic (exact) mass is 697 g/mol. The van der Waals surface area contributed by atoms with Crippen LogP contribution in [0, 0.1) is 29.1 Å². The van der Waals surface area contributed by atoms with Crippen LogP contribution < -0.4 is 9.47 Å². The molecule has 2 aromatic carbocycles. The number of hydrogen-bond acceptors (Lipinski definition) is 9. The lowest BCUT2D eigenvalue weighted by molar-refractivity contribution is -0.252. The first kappa shape index (κ1) is 37.8. The molecule has 0 bridgehead atoms. The second-order valence-corrected chi connectivity index (χ2v) is 13.4. The van der Waals surface area contributed by atoms with Crippen LogP contribution in [0.4, 0.5) is 0 Å². The summed E-state index contributed by atoms with van der Waals surface area (Å²) in [5.41, 5.74) is 3.60. The largest absolute Gasteiger partial charge is 0.490 e. The van der Waals surface area contributed by atoms with E-state index < -0.39 is 17.7 Å². The molecule has 0 radical (unpaired) electrons. The number of ether oxygens (including phenoxy) is 3. The molecule has 2 aromatic rings. The van der Waals surface area contributed by atoms with Crippen LogP contribution in [0.1, 0.15) is 79.3 Å². The summed E-state index contributed by atoms with van der Waals surface area (Å²) >= 11 is 0. The number of rotatable bonds is 18. The van der Waals surface area contributed by atoms with Crippen LogP contribution in [0.3, 0.4) is 0 Å². The molecule has 1 amide bonds. The van der Waals surface area contributed by atoms with Crippen molar-refractivity contribution >= 4 is 11.6 Å². The van der Waals surface area contributed by atoms with Crippen LogP contribution in [-0.2, 0) is 9.57 Å². The maximum Gasteiger partial charge on any atom is 0.254 e. The third-order valence-corrected chi connectivity index (χ3v) is 10.4. The molecule has 10 nitrogen and oxygen atoms in total. The number of nitrogens with zero attached hydrogens (tertiary/aromatic N) is 3. The summed E-state index contributed by atoms with van der Waals surface area (Å²) in [6, 6.07) is 13.9. The van der Waals surface area contributed by atoms with E-state index in [-0.39, 0.29) is 43.5 Å². The number of carbonyl (C=O) groups is 1. The normalized spacial score (nSPS) is 25.4. The number of carbonyl (C=O) groups excluding carboxylic acids is 1. The summed E-state index contributed by atoms with van der Waals surface area (Å²) in [5, 5.41) is 33.6. The Bertz CT molecular complexity index is 1630. The molecule has 5 rings (SSSR count). The number of likely N-dealkylation sites (N-methyl/N-ethyl adjacent to an activating group) is 1. The molecule has 0 spiro atoms. The molecular weight excluding hydrogens is 646 g/mol. The van der Waals surface area contributed by atoms with Crippen LogP contribution in [0.5, 0.6) is 11.5 Å². The predicted molar refractivity (Wildman–Crippen MR) is 196 cm³/mol. The van der Waals surface area contributed by atoms with Crippen molar-refractivity contribution in [3.8, 4) is 17.6 Å². The van der Waals surface area contributed by atoms with Crippen molar-refractivity contribution in [3.63, 3.8) is 0 Å². The van der Waals surface area contributed by atoms with E-state index in [9.17, 15) is 20.3 Å². The Kier molecular flexibility index (Phi) is 13.1. The summed E-state index contributed by atoms with van der Waals surface area (Å²) < 4.78 is 20.1. The first-order chi connectivity index (χ1) is 24.9. The maximum absolute atomic E-state index is 14.3. The second-order valence-electron chi connectivity index (χ2n) is 13.4. The van der Waals surface area contributed by atoms with Crippen molar-refractivity contribution in [2.75, 3.05) is 40.1 Å². The SMILES string of the molecule is C=CCOc1ccc2c(c1)C1C(CCCCO)C(CCCCO)C=C3C(=NOCC)CC(N(C)C(=O)c4ccc(C#N)cc4)C(OCC=C)(O2)C31. The van der Waals surface area contributed by atoms with Crippen molar-refractivity contribution in [2.45, 2.75) is 69.6 Å². The quantitative estimate of drug-likeness (QED) is 0.102. The Labute approximate surface area is 301 Å². The fourth-order valence-electron chi connectivity index (χ4n) is 8.15. The molecule has 272 valence electrons. The highest BCUT2D eigenvalue weighted by Crippen LogP contribution is 2.61. The molecule has 6 unspecified atom stereocenters. The van der Waals surface area contributed by atoms with Crippen molar-refractivity contribution in [2.24, 2.45) is 22.9 Å². The van der Waals surface area contributed by atoms with Gasteiger partial charge in [-0.25, -0.2) is 0 Å². The van der Waals surface area contributed by atoms with Gasteiger partial charge in [0.1, 0.15) is 30.8 Å². The molecule has 2 N–H and O–H groups in total. The molecule has 10 heteroatoms. The van der Waals surface area contributed by atoms with Gasteiger partial charge in [-0.3, -0.25) is 4.79 Å². The zero-order chi connectivity index (χ0) is 36.4. The highest BCUT2D eigenvalue weighted by Gasteiger charge is 2.65. The summed E-state index contributed by atoms with van der Waals surface area (Å²) in [7, 11) is 1.76. The highest BCUT2D eigenvalue weighted by atomic mass is 16.7. The number of unbranched alkanes of at least 4 members (excludes halogenated alkanes) is 2. The van der Waals surface area contributed by atoms with Crippen molar-refractivity contribution < 1.29 is 34.1 Å². The Morgan fingerprint density at radius 2 is 1.80 bits per heavy atom. The number of fused-ring (bicyclic) bond motifs is 2.